The van der Waals surface area contributed by atoms with Crippen molar-refractivity contribution in [2.45, 2.75) is 24.9 Å². The normalized spacial score (nSPS) is 13.9. The van der Waals surface area contributed by atoms with Crippen molar-refractivity contribution >= 4 is 7.82 Å². The number of hydrogen-bond acceptors (Lipinski definition) is 10. The number of aromatic amines is 1. The molecule has 16 heteroatoms. The summed E-state index contributed by atoms with van der Waals surface area (Å²) in [7, 11) is -1.87. The molecule has 12 nitrogen and oxygen atoms in total. The molecular formula is C24H26F3N2O10P. The van der Waals surface area contributed by atoms with Gasteiger partial charge in [0.2, 0.25) is 0 Å². The SMILES string of the molecule is COc1ccc(OP(=O)(OCC(OC(C(F)CO)n2ccc(=O)[nH]c2=O)C(F)F)Oc2ccc(OC)cc2)cc1. The summed E-state index contributed by atoms with van der Waals surface area (Å²) < 4.78 is 87.7. The second kappa shape index (κ2) is 14.0. The molecule has 0 bridgehead atoms. The van der Waals surface area contributed by atoms with E-state index < -0.39 is 57.2 Å². The summed E-state index contributed by atoms with van der Waals surface area (Å²) in [5, 5.41) is 9.26. The number of ether oxygens (including phenoxy) is 3. The number of benzene rings is 2. The summed E-state index contributed by atoms with van der Waals surface area (Å²) in [6.45, 7) is -2.39. The monoisotopic (exact) mass is 590 g/mol. The van der Waals surface area contributed by atoms with E-state index in [0.717, 1.165) is 12.3 Å². The van der Waals surface area contributed by atoms with Crippen LogP contribution in [0, 0.1) is 0 Å². The number of aliphatic hydroxyl groups is 1. The van der Waals surface area contributed by atoms with E-state index in [9.17, 15) is 32.4 Å². The molecule has 0 spiro atoms. The predicted octanol–water partition coefficient (Wildman–Crippen LogP) is 3.32. The van der Waals surface area contributed by atoms with Gasteiger partial charge < -0.3 is 28.4 Å². The quantitative estimate of drug-likeness (QED) is 0.253. The third-order valence-corrected chi connectivity index (χ3v) is 6.49. The van der Waals surface area contributed by atoms with E-state index in [1.165, 1.54) is 62.8 Å². The molecule has 1 aromatic heterocycles. The van der Waals surface area contributed by atoms with Crippen molar-refractivity contribution in [2.24, 2.45) is 0 Å². The van der Waals surface area contributed by atoms with Gasteiger partial charge in [-0.2, -0.15) is 0 Å². The minimum absolute atomic E-state index is 0.0334. The van der Waals surface area contributed by atoms with Crippen molar-refractivity contribution in [3.8, 4) is 23.0 Å². The molecule has 0 saturated heterocycles. The first-order valence-corrected chi connectivity index (χ1v) is 13.0. The van der Waals surface area contributed by atoms with E-state index in [1.807, 2.05) is 4.98 Å². The number of aromatic nitrogens is 2. The topological polar surface area (TPSA) is 148 Å². The molecule has 0 amide bonds. The van der Waals surface area contributed by atoms with E-state index in [0.29, 0.717) is 16.1 Å². The van der Waals surface area contributed by atoms with Crippen molar-refractivity contribution in [3.63, 3.8) is 0 Å². The third kappa shape index (κ3) is 8.36. The van der Waals surface area contributed by atoms with Crippen LogP contribution in [0.25, 0.3) is 0 Å². The fraction of sp³-hybridized carbons (Fsp3) is 0.333. The van der Waals surface area contributed by atoms with Crippen LogP contribution in [0.4, 0.5) is 13.2 Å². The van der Waals surface area contributed by atoms with Crippen molar-refractivity contribution in [1.29, 1.82) is 0 Å². The number of methoxy groups -OCH3 is 2. The molecule has 0 aliphatic rings. The van der Waals surface area contributed by atoms with Crippen LogP contribution in [0.1, 0.15) is 6.23 Å². The van der Waals surface area contributed by atoms with Gasteiger partial charge in [-0.1, -0.05) is 0 Å². The number of alkyl halides is 3. The lowest BCUT2D eigenvalue weighted by Crippen LogP contribution is -2.41. The summed E-state index contributed by atoms with van der Waals surface area (Å²) >= 11 is 0. The second-order valence-electron chi connectivity index (χ2n) is 7.89. The van der Waals surface area contributed by atoms with Gasteiger partial charge in [0.15, 0.2) is 12.4 Å². The third-order valence-electron chi connectivity index (χ3n) is 5.15. The molecule has 0 saturated carbocycles. The van der Waals surface area contributed by atoms with Crippen LogP contribution < -0.4 is 29.8 Å². The number of phosphoric acid groups is 1. The van der Waals surface area contributed by atoms with Crippen molar-refractivity contribution in [1.82, 2.24) is 9.55 Å². The predicted molar refractivity (Wildman–Crippen MR) is 134 cm³/mol. The molecular weight excluding hydrogens is 564 g/mol. The van der Waals surface area contributed by atoms with E-state index >= 15 is 0 Å². The second-order valence-corrected chi connectivity index (χ2v) is 9.41. The number of H-pyrrole nitrogens is 1. The highest BCUT2D eigenvalue weighted by Crippen LogP contribution is 2.50. The Morgan fingerprint density at radius 2 is 1.38 bits per heavy atom. The molecule has 218 valence electrons. The molecule has 2 N–H and O–H groups in total. The van der Waals surface area contributed by atoms with Gasteiger partial charge in [0, 0.05) is 12.3 Å². The zero-order chi connectivity index (χ0) is 29.3. The summed E-state index contributed by atoms with van der Waals surface area (Å²) in [5.74, 6) is 0.819. The van der Waals surface area contributed by atoms with Crippen molar-refractivity contribution in [2.75, 3.05) is 27.4 Å². The van der Waals surface area contributed by atoms with Gasteiger partial charge in [0.25, 0.3) is 12.0 Å². The van der Waals surface area contributed by atoms with Crippen LogP contribution in [0.5, 0.6) is 23.0 Å². The average molecular weight is 590 g/mol. The Labute approximate surface area is 225 Å². The molecule has 3 rings (SSSR count). The lowest BCUT2D eigenvalue weighted by molar-refractivity contribution is -0.161. The highest BCUT2D eigenvalue weighted by atomic mass is 31.2. The molecule has 2 aromatic carbocycles. The van der Waals surface area contributed by atoms with Crippen LogP contribution in [0.15, 0.2) is 70.4 Å². The Bertz CT molecular complexity index is 1330. The molecule has 0 aliphatic heterocycles. The highest BCUT2D eigenvalue weighted by molar-refractivity contribution is 7.49. The maximum atomic E-state index is 14.5. The largest absolute Gasteiger partial charge is 0.587 e. The fourth-order valence-electron chi connectivity index (χ4n) is 3.16. The molecule has 0 radical (unpaired) electrons. The molecule has 3 atom stereocenters. The van der Waals surface area contributed by atoms with Gasteiger partial charge in [-0.05, 0) is 48.5 Å². The lowest BCUT2D eigenvalue weighted by atomic mass is 10.3. The van der Waals surface area contributed by atoms with Crippen LogP contribution >= 0.6 is 7.82 Å². The van der Waals surface area contributed by atoms with E-state index in [1.54, 1.807) is 0 Å². The van der Waals surface area contributed by atoms with E-state index in [-0.39, 0.29) is 11.5 Å². The number of hydrogen-bond donors (Lipinski definition) is 2. The Morgan fingerprint density at radius 1 is 0.875 bits per heavy atom. The summed E-state index contributed by atoms with van der Waals surface area (Å²) in [6, 6.07) is 12.2. The Balaban J connectivity index is 1.87. The van der Waals surface area contributed by atoms with Crippen LogP contribution in [-0.4, -0.2) is 60.8 Å². The zero-order valence-electron chi connectivity index (χ0n) is 21.1. The molecule has 40 heavy (non-hydrogen) atoms. The standard InChI is InChI=1S/C24H26F3N2O10P/c1-34-15-3-7-17(8-4-15)38-40(33,39-18-9-5-16(35-2)6-10-18)36-14-20(22(26)27)37-23(19(25)13-30)29-12-11-21(31)28-24(29)32/h3-12,19-20,22-23,30H,13-14H2,1-2H3,(H,28,31,32). The van der Waals surface area contributed by atoms with Gasteiger partial charge in [-0.25, -0.2) is 22.5 Å². The number of aliphatic hydroxyl groups excluding tert-OH is 1. The maximum absolute atomic E-state index is 14.5. The Morgan fingerprint density at radius 3 is 1.80 bits per heavy atom. The maximum Gasteiger partial charge on any atom is 0.587 e. The first-order valence-electron chi connectivity index (χ1n) is 11.5. The summed E-state index contributed by atoms with van der Waals surface area (Å²) in [5.41, 5.74) is -2.01. The number of halogens is 3. The average Bonchev–Trinajstić information content (AvgIpc) is 2.94. The molecule has 0 aliphatic carbocycles. The summed E-state index contributed by atoms with van der Waals surface area (Å²) in [6.07, 6.45) is -9.34. The molecule has 1 heterocycles. The van der Waals surface area contributed by atoms with E-state index in [2.05, 4.69) is 0 Å². The highest BCUT2D eigenvalue weighted by Gasteiger charge is 2.37. The van der Waals surface area contributed by atoms with Gasteiger partial charge >= 0.3 is 13.5 Å². The lowest BCUT2D eigenvalue weighted by Gasteiger charge is -2.28. The zero-order valence-corrected chi connectivity index (χ0v) is 22.0. The molecule has 3 aromatic rings. The number of phosphoric ester groups is 1. The number of nitrogens with zero attached hydrogens (tertiary/aromatic N) is 1. The van der Waals surface area contributed by atoms with Crippen LogP contribution in [0.3, 0.4) is 0 Å². The first-order chi connectivity index (χ1) is 19.1. The fourth-order valence-corrected chi connectivity index (χ4v) is 4.39. The molecule has 0 fully saturated rings. The molecule has 3 unspecified atom stereocenters. The van der Waals surface area contributed by atoms with Crippen LogP contribution in [0.2, 0.25) is 0 Å². The minimum Gasteiger partial charge on any atom is -0.497 e. The first kappa shape index (κ1) is 30.8. The Kier molecular flexibility index (Phi) is 10.8. The van der Waals surface area contributed by atoms with E-state index in [4.69, 9.17) is 27.8 Å². The van der Waals surface area contributed by atoms with Gasteiger partial charge in [0.05, 0.1) is 27.4 Å². The number of nitrogens with one attached hydrogen (secondary N) is 1. The summed E-state index contributed by atoms with van der Waals surface area (Å²) in [4.78, 5) is 25.3. The van der Waals surface area contributed by atoms with Crippen molar-refractivity contribution < 1.29 is 50.6 Å². The smallest absolute Gasteiger partial charge is 0.497 e. The van der Waals surface area contributed by atoms with Crippen molar-refractivity contribution in [3.05, 3.63) is 81.6 Å². The number of rotatable bonds is 15. The van der Waals surface area contributed by atoms with Crippen LogP contribution in [-0.2, 0) is 13.8 Å². The van der Waals surface area contributed by atoms with Gasteiger partial charge in [-0.15, -0.1) is 0 Å². The Hall–Kier alpha value is -3.78. The van der Waals surface area contributed by atoms with Gasteiger partial charge in [-0.3, -0.25) is 18.9 Å². The minimum atomic E-state index is -4.72. The van der Waals surface area contributed by atoms with Gasteiger partial charge in [0.1, 0.15) is 29.1 Å².